The summed E-state index contributed by atoms with van der Waals surface area (Å²) >= 11 is 12.6. The quantitative estimate of drug-likeness (QED) is 0.194. The molecule has 4 aromatic carbocycles. The van der Waals surface area contributed by atoms with E-state index in [1.807, 2.05) is 51.1 Å². The smallest absolute Gasteiger partial charge is 0.264 e. The third-order valence-corrected chi connectivity index (χ3v) is 9.11. The van der Waals surface area contributed by atoms with E-state index in [2.05, 4.69) is 5.32 Å². The first-order chi connectivity index (χ1) is 20.8. The lowest BCUT2D eigenvalue weighted by Crippen LogP contribution is -2.56. The third-order valence-electron chi connectivity index (χ3n) is 6.77. The van der Waals surface area contributed by atoms with E-state index in [1.54, 1.807) is 66.7 Å². The Morgan fingerprint density at radius 1 is 0.773 bits per heavy atom. The van der Waals surface area contributed by atoms with Crippen LogP contribution < -0.4 is 9.62 Å². The van der Waals surface area contributed by atoms with E-state index in [0.717, 1.165) is 15.4 Å². The van der Waals surface area contributed by atoms with Gasteiger partial charge in [-0.25, -0.2) is 8.42 Å². The minimum absolute atomic E-state index is 0.00304. The molecule has 0 aliphatic heterocycles. The molecule has 4 aromatic rings. The highest BCUT2D eigenvalue weighted by Gasteiger charge is 2.36. The Morgan fingerprint density at radius 3 is 1.93 bits per heavy atom. The van der Waals surface area contributed by atoms with Gasteiger partial charge in [0.25, 0.3) is 10.0 Å². The molecule has 7 nitrogen and oxygen atoms in total. The maximum Gasteiger partial charge on any atom is 0.264 e. The normalized spacial score (nSPS) is 12.3. The Morgan fingerprint density at radius 2 is 1.34 bits per heavy atom. The monoisotopic (exact) mass is 651 g/mol. The molecule has 0 unspecified atom stereocenters. The number of halogens is 2. The Kier molecular flexibility index (Phi) is 10.7. The van der Waals surface area contributed by atoms with Crippen LogP contribution in [0.1, 0.15) is 31.9 Å². The molecule has 44 heavy (non-hydrogen) atoms. The lowest BCUT2D eigenvalue weighted by atomic mass is 10.0. The van der Waals surface area contributed by atoms with E-state index < -0.39 is 34.1 Å². The van der Waals surface area contributed by atoms with Crippen LogP contribution in [0.5, 0.6) is 0 Å². The van der Waals surface area contributed by atoms with Gasteiger partial charge in [0.15, 0.2) is 0 Å². The Hall–Kier alpha value is -3.85. The van der Waals surface area contributed by atoms with E-state index >= 15 is 0 Å². The summed E-state index contributed by atoms with van der Waals surface area (Å²) in [6.07, 6.45) is 0.208. The van der Waals surface area contributed by atoms with Crippen LogP contribution in [0.3, 0.4) is 0 Å². The zero-order valence-electron chi connectivity index (χ0n) is 24.8. The maximum atomic E-state index is 14.5. The third kappa shape index (κ3) is 8.62. The van der Waals surface area contributed by atoms with Crippen molar-refractivity contribution in [2.24, 2.45) is 0 Å². The number of para-hydroxylation sites is 1. The Labute approximate surface area is 269 Å². The van der Waals surface area contributed by atoms with Crippen LogP contribution >= 0.6 is 23.2 Å². The van der Waals surface area contributed by atoms with Gasteiger partial charge in [0, 0.05) is 23.5 Å². The molecule has 1 N–H and O–H groups in total. The van der Waals surface area contributed by atoms with Gasteiger partial charge in [-0.15, -0.1) is 0 Å². The van der Waals surface area contributed by atoms with Gasteiger partial charge >= 0.3 is 0 Å². The van der Waals surface area contributed by atoms with Gasteiger partial charge in [0.1, 0.15) is 12.6 Å². The van der Waals surface area contributed by atoms with Crippen molar-refractivity contribution in [3.05, 3.63) is 130 Å². The standard InChI is InChI=1S/C34H35Cl2N3O4S/c1-34(2,3)37-33(41)31(22-25-12-6-4-7-13-25)38(23-26-18-20-27(35)21-19-26)32(40)24-39(30-17-11-10-16-29(30)36)44(42,43)28-14-8-5-9-15-28/h4-21,31H,22-24H2,1-3H3,(H,37,41)/t31-/m0/s1. The molecule has 0 saturated carbocycles. The number of anilines is 1. The molecule has 0 spiro atoms. The molecule has 0 aliphatic carbocycles. The number of hydrogen-bond donors (Lipinski definition) is 1. The van der Waals surface area contributed by atoms with Gasteiger partial charge < -0.3 is 10.2 Å². The minimum atomic E-state index is -4.23. The van der Waals surface area contributed by atoms with Crippen molar-refractivity contribution in [2.45, 2.75) is 50.2 Å². The van der Waals surface area contributed by atoms with Crippen molar-refractivity contribution in [3.8, 4) is 0 Å². The average Bonchev–Trinajstić information content (AvgIpc) is 2.99. The summed E-state index contributed by atoms with van der Waals surface area (Å²) in [4.78, 5) is 29.8. The summed E-state index contributed by atoms with van der Waals surface area (Å²) < 4.78 is 29.1. The van der Waals surface area contributed by atoms with Gasteiger partial charge in [-0.2, -0.15) is 0 Å². The van der Waals surface area contributed by atoms with Crippen molar-refractivity contribution in [2.75, 3.05) is 10.8 Å². The number of hydrogen-bond acceptors (Lipinski definition) is 4. The number of sulfonamides is 1. The first kappa shape index (κ1) is 33.1. The van der Waals surface area contributed by atoms with Gasteiger partial charge in [-0.05, 0) is 68.3 Å². The zero-order valence-corrected chi connectivity index (χ0v) is 27.1. The van der Waals surface area contributed by atoms with Crippen LogP contribution in [-0.4, -0.2) is 43.3 Å². The van der Waals surface area contributed by atoms with Crippen LogP contribution in [-0.2, 0) is 32.6 Å². The molecule has 10 heteroatoms. The highest BCUT2D eigenvalue weighted by Crippen LogP contribution is 2.31. The van der Waals surface area contributed by atoms with Crippen LogP contribution in [0.2, 0.25) is 10.0 Å². The first-order valence-corrected chi connectivity index (χ1v) is 16.3. The van der Waals surface area contributed by atoms with E-state index in [0.29, 0.717) is 5.02 Å². The summed E-state index contributed by atoms with van der Waals surface area (Å²) in [5.41, 5.74) is 1.13. The number of carbonyl (C=O) groups is 2. The minimum Gasteiger partial charge on any atom is -0.350 e. The predicted octanol–water partition coefficient (Wildman–Crippen LogP) is 6.74. The molecule has 230 valence electrons. The molecule has 0 heterocycles. The maximum absolute atomic E-state index is 14.5. The van der Waals surface area contributed by atoms with Crippen molar-refractivity contribution < 1.29 is 18.0 Å². The lowest BCUT2D eigenvalue weighted by molar-refractivity contribution is -0.140. The fourth-order valence-electron chi connectivity index (χ4n) is 4.68. The van der Waals surface area contributed by atoms with Crippen LogP contribution in [0.15, 0.2) is 114 Å². The molecule has 0 radical (unpaired) electrons. The fourth-order valence-corrected chi connectivity index (χ4v) is 6.55. The van der Waals surface area contributed by atoms with Crippen molar-refractivity contribution in [3.63, 3.8) is 0 Å². The zero-order chi connectivity index (χ0) is 31.9. The van der Waals surface area contributed by atoms with Gasteiger partial charge in [0.05, 0.1) is 15.6 Å². The molecule has 2 amide bonds. The van der Waals surface area contributed by atoms with Gasteiger partial charge in [0.2, 0.25) is 11.8 Å². The summed E-state index contributed by atoms with van der Waals surface area (Å²) in [5.74, 6) is -0.941. The molecule has 0 bridgehead atoms. The molecular formula is C34H35Cl2N3O4S. The van der Waals surface area contributed by atoms with E-state index in [-0.39, 0.29) is 34.5 Å². The molecule has 0 fully saturated rings. The highest BCUT2D eigenvalue weighted by molar-refractivity contribution is 7.92. The number of carbonyl (C=O) groups excluding carboxylic acids is 2. The summed E-state index contributed by atoms with van der Waals surface area (Å²) in [5, 5.41) is 3.70. The molecule has 0 aromatic heterocycles. The van der Waals surface area contributed by atoms with Crippen LogP contribution in [0, 0.1) is 0 Å². The number of rotatable bonds is 11. The van der Waals surface area contributed by atoms with Crippen molar-refractivity contribution in [1.29, 1.82) is 0 Å². The summed E-state index contributed by atoms with van der Waals surface area (Å²) in [6, 6.07) is 29.7. The average molecular weight is 653 g/mol. The van der Waals surface area contributed by atoms with Gasteiger partial charge in [-0.1, -0.05) is 96.0 Å². The van der Waals surface area contributed by atoms with Crippen molar-refractivity contribution in [1.82, 2.24) is 10.2 Å². The second-order valence-corrected chi connectivity index (χ2v) is 14.1. The number of nitrogens with one attached hydrogen (secondary N) is 1. The van der Waals surface area contributed by atoms with Crippen LogP contribution in [0.25, 0.3) is 0 Å². The number of benzene rings is 4. The Bertz CT molecular complexity index is 1680. The van der Waals surface area contributed by atoms with Crippen molar-refractivity contribution >= 4 is 50.7 Å². The second-order valence-electron chi connectivity index (χ2n) is 11.4. The number of amides is 2. The van der Waals surface area contributed by atoms with Gasteiger partial charge in [-0.3, -0.25) is 13.9 Å². The van der Waals surface area contributed by atoms with E-state index in [4.69, 9.17) is 23.2 Å². The molecular weight excluding hydrogens is 617 g/mol. The largest absolute Gasteiger partial charge is 0.350 e. The summed E-state index contributed by atoms with van der Waals surface area (Å²) in [7, 11) is -4.23. The van der Waals surface area contributed by atoms with E-state index in [1.165, 1.54) is 17.0 Å². The predicted molar refractivity (Wildman–Crippen MR) is 176 cm³/mol. The molecule has 4 rings (SSSR count). The first-order valence-electron chi connectivity index (χ1n) is 14.1. The Balaban J connectivity index is 1.82. The highest BCUT2D eigenvalue weighted by atomic mass is 35.5. The topological polar surface area (TPSA) is 86.8 Å². The molecule has 0 saturated heterocycles. The molecule has 0 aliphatic rings. The summed E-state index contributed by atoms with van der Waals surface area (Å²) in [6.45, 7) is 5.03. The lowest BCUT2D eigenvalue weighted by Gasteiger charge is -2.35. The number of nitrogens with zero attached hydrogens (tertiary/aromatic N) is 2. The SMILES string of the molecule is CC(C)(C)NC(=O)[C@H](Cc1ccccc1)N(Cc1ccc(Cl)cc1)C(=O)CN(c1ccccc1Cl)S(=O)(=O)c1ccccc1. The van der Waals surface area contributed by atoms with Crippen LogP contribution in [0.4, 0.5) is 5.69 Å². The fraction of sp³-hybridized carbons (Fsp3) is 0.235. The molecule has 1 atom stereocenters. The second kappa shape index (κ2) is 14.3. The van der Waals surface area contributed by atoms with E-state index in [9.17, 15) is 18.0 Å².